The fourth-order valence-corrected chi connectivity index (χ4v) is 7.60. The molecular formula is C36H22BNO2S. The quantitative estimate of drug-likeness (QED) is 0.210. The maximum atomic E-state index is 6.72. The van der Waals surface area contributed by atoms with Crippen molar-refractivity contribution in [2.45, 2.75) is 0 Å². The lowest BCUT2D eigenvalue weighted by molar-refractivity contribution is 0.469. The van der Waals surface area contributed by atoms with Crippen molar-refractivity contribution in [3.8, 4) is 23.0 Å². The third-order valence-electron chi connectivity index (χ3n) is 8.17. The fourth-order valence-electron chi connectivity index (χ4n) is 6.39. The first-order chi connectivity index (χ1) is 20.3. The van der Waals surface area contributed by atoms with Gasteiger partial charge < -0.3 is 14.4 Å². The number of nitrogens with zero attached hydrogens (tertiary/aromatic N) is 1. The molecule has 3 nitrogen and oxygen atoms in total. The van der Waals surface area contributed by atoms with E-state index in [0.717, 1.165) is 55.6 Å². The second-order valence-corrected chi connectivity index (χ2v) is 11.5. The molecule has 1 aromatic heterocycles. The van der Waals surface area contributed by atoms with Crippen LogP contribution in [0.25, 0.3) is 20.2 Å². The van der Waals surface area contributed by atoms with Crippen molar-refractivity contribution in [1.29, 1.82) is 0 Å². The van der Waals surface area contributed by atoms with Crippen LogP contribution in [0.5, 0.6) is 23.0 Å². The van der Waals surface area contributed by atoms with Crippen LogP contribution in [-0.2, 0) is 0 Å². The van der Waals surface area contributed by atoms with E-state index in [0.29, 0.717) is 0 Å². The normalized spacial score (nSPS) is 12.7. The Morgan fingerprint density at radius 1 is 0.512 bits per heavy atom. The highest BCUT2D eigenvalue weighted by atomic mass is 32.1. The zero-order valence-corrected chi connectivity index (χ0v) is 22.8. The average Bonchev–Trinajstić information content (AvgIpc) is 3.40. The van der Waals surface area contributed by atoms with Crippen LogP contribution in [0, 0.1) is 0 Å². The van der Waals surface area contributed by atoms with Gasteiger partial charge >= 0.3 is 0 Å². The van der Waals surface area contributed by atoms with E-state index in [-0.39, 0.29) is 6.71 Å². The molecule has 5 heteroatoms. The van der Waals surface area contributed by atoms with Gasteiger partial charge in [0.05, 0.1) is 4.70 Å². The van der Waals surface area contributed by atoms with Gasteiger partial charge in [0.15, 0.2) is 0 Å². The van der Waals surface area contributed by atoms with Crippen LogP contribution < -0.4 is 30.8 Å². The zero-order chi connectivity index (χ0) is 26.9. The monoisotopic (exact) mass is 543 g/mol. The Kier molecular flexibility index (Phi) is 4.86. The third-order valence-corrected chi connectivity index (χ3v) is 9.34. The molecule has 0 saturated heterocycles. The largest absolute Gasteiger partial charge is 0.458 e. The summed E-state index contributed by atoms with van der Waals surface area (Å²) in [5.74, 6) is 3.62. The number of thiophene rings is 1. The Bertz CT molecular complexity index is 2070. The highest BCUT2D eigenvalue weighted by Gasteiger charge is 2.41. The summed E-state index contributed by atoms with van der Waals surface area (Å²) in [6, 6.07) is 46.8. The molecule has 41 heavy (non-hydrogen) atoms. The number of ether oxygens (including phenoxy) is 2. The summed E-state index contributed by atoms with van der Waals surface area (Å²) in [6.07, 6.45) is 0. The van der Waals surface area contributed by atoms with Crippen molar-refractivity contribution >= 4 is 71.7 Å². The molecule has 6 aromatic carbocycles. The summed E-state index contributed by atoms with van der Waals surface area (Å²) < 4.78 is 15.6. The number of fused-ring (bicyclic) bond motifs is 8. The number of para-hydroxylation sites is 4. The summed E-state index contributed by atoms with van der Waals surface area (Å²) in [7, 11) is 0. The minimum absolute atomic E-state index is 0.0757. The SMILES string of the molecule is c1ccc(N(c2ccccc2)c2ccc3c(c2)sc2c4c5c(cc23)Oc2ccccc2B5c2ccccc2O4)cc1. The first kappa shape index (κ1) is 22.8. The molecule has 0 N–H and O–H groups in total. The molecular weight excluding hydrogens is 521 g/mol. The van der Waals surface area contributed by atoms with Gasteiger partial charge in [-0.3, -0.25) is 0 Å². The average molecular weight is 543 g/mol. The number of rotatable bonds is 3. The predicted molar refractivity (Wildman–Crippen MR) is 172 cm³/mol. The number of benzene rings is 6. The van der Waals surface area contributed by atoms with E-state index in [2.05, 4.69) is 132 Å². The van der Waals surface area contributed by atoms with Gasteiger partial charge in [-0.15, -0.1) is 11.3 Å². The van der Waals surface area contributed by atoms with E-state index < -0.39 is 0 Å². The van der Waals surface area contributed by atoms with Crippen LogP contribution in [-0.4, -0.2) is 6.71 Å². The van der Waals surface area contributed by atoms with Gasteiger partial charge in [-0.1, -0.05) is 78.9 Å². The van der Waals surface area contributed by atoms with E-state index in [1.54, 1.807) is 11.3 Å². The van der Waals surface area contributed by atoms with Gasteiger partial charge in [0.2, 0.25) is 0 Å². The summed E-state index contributed by atoms with van der Waals surface area (Å²) in [6.45, 7) is 0.0757. The van der Waals surface area contributed by atoms with Crippen LogP contribution >= 0.6 is 11.3 Å². The van der Waals surface area contributed by atoms with E-state index in [9.17, 15) is 0 Å². The molecule has 7 aromatic rings. The van der Waals surface area contributed by atoms with E-state index in [1.807, 2.05) is 6.07 Å². The maximum Gasteiger partial charge on any atom is 0.260 e. The fraction of sp³-hybridized carbons (Fsp3) is 0. The van der Waals surface area contributed by atoms with Gasteiger partial charge in [0.25, 0.3) is 6.71 Å². The number of anilines is 3. The Balaban J connectivity index is 1.28. The predicted octanol–water partition coefficient (Wildman–Crippen LogP) is 8.25. The van der Waals surface area contributed by atoms with E-state index in [1.165, 1.54) is 21.0 Å². The molecule has 0 fully saturated rings. The van der Waals surface area contributed by atoms with Crippen LogP contribution in [0.15, 0.2) is 133 Å². The molecule has 0 radical (unpaired) electrons. The summed E-state index contributed by atoms with van der Waals surface area (Å²) in [4.78, 5) is 2.31. The lowest BCUT2D eigenvalue weighted by Crippen LogP contribution is -2.57. The summed E-state index contributed by atoms with van der Waals surface area (Å²) in [5.41, 5.74) is 6.85. The summed E-state index contributed by atoms with van der Waals surface area (Å²) in [5, 5.41) is 2.36. The Labute approximate surface area is 241 Å². The van der Waals surface area contributed by atoms with Gasteiger partial charge in [-0.25, -0.2) is 0 Å². The minimum atomic E-state index is 0.0757. The molecule has 9 rings (SSSR count). The summed E-state index contributed by atoms with van der Waals surface area (Å²) >= 11 is 1.79. The molecule has 2 aliphatic rings. The first-order valence-electron chi connectivity index (χ1n) is 13.8. The Morgan fingerprint density at radius 3 is 1.80 bits per heavy atom. The van der Waals surface area contributed by atoms with E-state index in [4.69, 9.17) is 9.47 Å². The maximum absolute atomic E-state index is 6.72. The van der Waals surface area contributed by atoms with Gasteiger partial charge in [-0.2, -0.15) is 0 Å². The molecule has 3 heterocycles. The standard InChI is InChI=1S/C36H22BNO2S/c1-3-11-23(12-4-1)38(24-13-5-2-6-14-24)25-19-20-26-27-22-32-34-35(36(27)41-33(26)21-25)40-31-18-10-8-16-29(31)37(34)28-15-7-9-17-30(28)39-32/h1-22H. The van der Waals surface area contributed by atoms with Crippen LogP contribution in [0.3, 0.4) is 0 Å². The second kappa shape index (κ2) is 8.75. The molecule has 0 aliphatic carbocycles. The lowest BCUT2D eigenvalue weighted by atomic mass is 9.35. The molecule has 0 spiro atoms. The van der Waals surface area contributed by atoms with Crippen LogP contribution in [0.1, 0.15) is 0 Å². The first-order valence-corrected chi connectivity index (χ1v) is 14.6. The van der Waals surface area contributed by atoms with Crippen molar-refractivity contribution < 1.29 is 9.47 Å². The van der Waals surface area contributed by atoms with Gasteiger partial charge in [0.1, 0.15) is 23.0 Å². The van der Waals surface area contributed by atoms with Gasteiger partial charge in [-0.05, 0) is 65.5 Å². The van der Waals surface area contributed by atoms with Crippen LogP contribution in [0.4, 0.5) is 17.1 Å². The van der Waals surface area contributed by atoms with Crippen molar-refractivity contribution in [3.05, 3.63) is 133 Å². The van der Waals surface area contributed by atoms with Gasteiger partial charge in [0, 0.05) is 38.0 Å². The van der Waals surface area contributed by atoms with Crippen molar-refractivity contribution in [2.75, 3.05) is 4.90 Å². The molecule has 192 valence electrons. The number of hydrogen-bond donors (Lipinski definition) is 0. The van der Waals surface area contributed by atoms with Crippen molar-refractivity contribution in [1.82, 2.24) is 0 Å². The molecule has 0 atom stereocenters. The zero-order valence-electron chi connectivity index (χ0n) is 22.0. The van der Waals surface area contributed by atoms with Crippen molar-refractivity contribution in [3.63, 3.8) is 0 Å². The highest BCUT2D eigenvalue weighted by molar-refractivity contribution is 7.26. The highest BCUT2D eigenvalue weighted by Crippen LogP contribution is 2.47. The molecule has 0 bridgehead atoms. The molecule has 0 amide bonds. The Hall–Kier alpha value is -5.00. The van der Waals surface area contributed by atoms with Crippen molar-refractivity contribution in [2.24, 2.45) is 0 Å². The molecule has 0 saturated carbocycles. The van der Waals surface area contributed by atoms with E-state index >= 15 is 0 Å². The topological polar surface area (TPSA) is 21.7 Å². The van der Waals surface area contributed by atoms with Crippen LogP contribution in [0.2, 0.25) is 0 Å². The third kappa shape index (κ3) is 3.39. The second-order valence-electron chi connectivity index (χ2n) is 10.5. The smallest absolute Gasteiger partial charge is 0.260 e. The lowest BCUT2D eigenvalue weighted by Gasteiger charge is -2.33. The minimum Gasteiger partial charge on any atom is -0.458 e. The molecule has 0 unspecified atom stereocenters. The molecule has 2 aliphatic heterocycles. The number of hydrogen-bond acceptors (Lipinski definition) is 4. The Morgan fingerprint density at radius 2 is 1.12 bits per heavy atom.